The van der Waals surface area contributed by atoms with E-state index >= 15 is 0 Å². The number of aliphatic hydroxyl groups excluding tert-OH is 1. The van der Waals surface area contributed by atoms with Crippen LogP contribution in [-0.4, -0.2) is 23.2 Å². The van der Waals surface area contributed by atoms with Crippen LogP contribution in [0.25, 0.3) is 0 Å². The highest BCUT2D eigenvalue weighted by molar-refractivity contribution is 5.39. The Morgan fingerprint density at radius 2 is 1.69 bits per heavy atom. The molecular formula is C24H23F2NO2. The summed E-state index contributed by atoms with van der Waals surface area (Å²) < 4.78 is 32.9. The molecular weight excluding hydrogens is 372 g/mol. The van der Waals surface area contributed by atoms with Gasteiger partial charge in [-0.2, -0.15) is 0 Å². The van der Waals surface area contributed by atoms with E-state index < -0.39 is 17.7 Å². The zero-order valence-corrected chi connectivity index (χ0v) is 16.0. The van der Waals surface area contributed by atoms with Crippen LogP contribution in [0.5, 0.6) is 5.75 Å². The zero-order chi connectivity index (χ0) is 20.2. The van der Waals surface area contributed by atoms with Gasteiger partial charge in [-0.25, -0.2) is 8.78 Å². The second kappa shape index (κ2) is 8.72. The first-order valence-corrected chi connectivity index (χ1v) is 9.72. The molecule has 0 aromatic heterocycles. The maximum absolute atomic E-state index is 13.5. The third-order valence-electron chi connectivity index (χ3n) is 5.13. The summed E-state index contributed by atoms with van der Waals surface area (Å²) >= 11 is 0. The maximum atomic E-state index is 13.5. The summed E-state index contributed by atoms with van der Waals surface area (Å²) in [6.07, 6.45) is -0.0797. The van der Waals surface area contributed by atoms with Crippen molar-refractivity contribution in [3.8, 4) is 5.75 Å². The molecule has 0 fully saturated rings. The number of nitrogens with zero attached hydrogens (tertiary/aromatic N) is 1. The van der Waals surface area contributed by atoms with Gasteiger partial charge in [0.05, 0.1) is 6.10 Å². The van der Waals surface area contributed by atoms with Crippen molar-refractivity contribution >= 4 is 0 Å². The predicted octanol–water partition coefficient (Wildman–Crippen LogP) is 4.64. The number of hydrogen-bond donors (Lipinski definition) is 1. The molecule has 0 saturated carbocycles. The second-order valence-corrected chi connectivity index (χ2v) is 7.41. The molecule has 150 valence electrons. The lowest BCUT2D eigenvalue weighted by atomic mass is 9.99. The van der Waals surface area contributed by atoms with Crippen molar-refractivity contribution < 1.29 is 18.6 Å². The molecule has 0 unspecified atom stereocenters. The summed E-state index contributed by atoms with van der Waals surface area (Å²) in [5.41, 5.74) is 3.45. The smallest absolute Gasteiger partial charge is 0.126 e. The van der Waals surface area contributed by atoms with Crippen molar-refractivity contribution in [1.82, 2.24) is 4.90 Å². The van der Waals surface area contributed by atoms with Gasteiger partial charge in [-0.1, -0.05) is 36.4 Å². The standard InChI is InChI=1S/C24H23F2NO2/c25-21-10-18(11-22(26)14-21)15-27-8-9-29-24-7-6-19(13-20(24)16-27)23(28)12-17-4-2-1-3-5-17/h1-7,10-11,13-14,23,28H,8-9,12,15-16H2/t23-/m1/s1. The molecule has 1 aliphatic rings. The van der Waals surface area contributed by atoms with Crippen molar-refractivity contribution in [3.05, 3.63) is 101 Å². The Kier molecular flexibility index (Phi) is 5.88. The molecule has 1 heterocycles. The molecule has 0 bridgehead atoms. The summed E-state index contributed by atoms with van der Waals surface area (Å²) in [6.45, 7) is 2.15. The summed E-state index contributed by atoms with van der Waals surface area (Å²) in [7, 11) is 0. The zero-order valence-electron chi connectivity index (χ0n) is 16.0. The van der Waals surface area contributed by atoms with Crippen molar-refractivity contribution in [2.45, 2.75) is 25.6 Å². The van der Waals surface area contributed by atoms with Gasteiger partial charge < -0.3 is 9.84 Å². The number of halogens is 2. The first-order valence-electron chi connectivity index (χ1n) is 9.72. The molecule has 1 N–H and O–H groups in total. The second-order valence-electron chi connectivity index (χ2n) is 7.41. The minimum atomic E-state index is -0.614. The van der Waals surface area contributed by atoms with E-state index in [2.05, 4.69) is 4.90 Å². The fraction of sp³-hybridized carbons (Fsp3) is 0.250. The molecule has 3 aromatic rings. The van der Waals surface area contributed by atoms with Crippen molar-refractivity contribution in [1.29, 1.82) is 0 Å². The van der Waals surface area contributed by atoms with E-state index in [0.29, 0.717) is 38.2 Å². The Bertz CT molecular complexity index is 958. The van der Waals surface area contributed by atoms with E-state index in [1.54, 1.807) is 0 Å². The molecule has 29 heavy (non-hydrogen) atoms. The molecule has 5 heteroatoms. The van der Waals surface area contributed by atoms with Gasteiger partial charge in [-0.05, 0) is 41.0 Å². The van der Waals surface area contributed by atoms with Gasteiger partial charge in [-0.15, -0.1) is 0 Å². The van der Waals surface area contributed by atoms with Gasteiger partial charge in [-0.3, -0.25) is 4.90 Å². The van der Waals surface area contributed by atoms with Crippen LogP contribution in [0.15, 0.2) is 66.7 Å². The minimum absolute atomic E-state index is 0.425. The van der Waals surface area contributed by atoms with Crippen LogP contribution in [0, 0.1) is 11.6 Å². The summed E-state index contributed by atoms with van der Waals surface area (Å²) in [6, 6.07) is 19.2. The first kappa shape index (κ1) is 19.6. The number of rotatable bonds is 5. The third-order valence-corrected chi connectivity index (χ3v) is 5.13. The lowest BCUT2D eigenvalue weighted by Crippen LogP contribution is -2.25. The summed E-state index contributed by atoms with van der Waals surface area (Å²) in [4.78, 5) is 2.09. The van der Waals surface area contributed by atoms with E-state index in [0.717, 1.165) is 28.5 Å². The number of fused-ring (bicyclic) bond motifs is 1. The number of ether oxygens (including phenoxy) is 1. The van der Waals surface area contributed by atoms with Crippen LogP contribution in [0.3, 0.4) is 0 Å². The maximum Gasteiger partial charge on any atom is 0.126 e. The molecule has 0 radical (unpaired) electrons. The Morgan fingerprint density at radius 1 is 0.931 bits per heavy atom. The van der Waals surface area contributed by atoms with Gasteiger partial charge in [0.1, 0.15) is 24.0 Å². The number of hydrogen-bond acceptors (Lipinski definition) is 3. The van der Waals surface area contributed by atoms with E-state index in [4.69, 9.17) is 4.74 Å². The highest BCUT2D eigenvalue weighted by Crippen LogP contribution is 2.29. The Labute approximate surface area is 169 Å². The lowest BCUT2D eigenvalue weighted by molar-refractivity contribution is 0.178. The highest BCUT2D eigenvalue weighted by atomic mass is 19.1. The lowest BCUT2D eigenvalue weighted by Gasteiger charge is -2.20. The molecule has 0 aliphatic carbocycles. The third kappa shape index (κ3) is 5.00. The molecule has 0 saturated heterocycles. The molecule has 1 atom stereocenters. The average Bonchev–Trinajstić information content (AvgIpc) is 2.89. The van der Waals surface area contributed by atoms with Gasteiger partial charge in [0.25, 0.3) is 0 Å². The largest absolute Gasteiger partial charge is 0.492 e. The van der Waals surface area contributed by atoms with Crippen LogP contribution in [0.4, 0.5) is 8.78 Å². The van der Waals surface area contributed by atoms with Crippen molar-refractivity contribution in [2.24, 2.45) is 0 Å². The predicted molar refractivity (Wildman–Crippen MR) is 108 cm³/mol. The fourth-order valence-corrected chi connectivity index (χ4v) is 3.73. The SMILES string of the molecule is O[C@H](Cc1ccccc1)c1ccc2c(c1)CN(Cc1cc(F)cc(F)c1)CCO2. The number of aliphatic hydroxyl groups is 1. The fourth-order valence-electron chi connectivity index (χ4n) is 3.73. The Balaban J connectivity index is 1.51. The Morgan fingerprint density at radius 3 is 2.45 bits per heavy atom. The van der Waals surface area contributed by atoms with Crippen LogP contribution in [-0.2, 0) is 19.5 Å². The van der Waals surface area contributed by atoms with Crippen molar-refractivity contribution in [2.75, 3.05) is 13.2 Å². The van der Waals surface area contributed by atoms with Crippen LogP contribution in [0.2, 0.25) is 0 Å². The van der Waals surface area contributed by atoms with Crippen LogP contribution < -0.4 is 4.74 Å². The minimum Gasteiger partial charge on any atom is -0.492 e. The van der Waals surface area contributed by atoms with Crippen LogP contribution in [0.1, 0.15) is 28.4 Å². The van der Waals surface area contributed by atoms with Crippen molar-refractivity contribution in [3.63, 3.8) is 0 Å². The topological polar surface area (TPSA) is 32.7 Å². The first-order chi connectivity index (χ1) is 14.1. The average molecular weight is 395 g/mol. The van der Waals surface area contributed by atoms with E-state index in [-0.39, 0.29) is 0 Å². The van der Waals surface area contributed by atoms with Crippen LogP contribution >= 0.6 is 0 Å². The number of benzene rings is 3. The van der Waals surface area contributed by atoms with E-state index in [1.807, 2.05) is 48.5 Å². The summed E-state index contributed by atoms with van der Waals surface area (Å²) in [5, 5.41) is 10.7. The molecule has 0 spiro atoms. The molecule has 3 nitrogen and oxygen atoms in total. The Hall–Kier alpha value is -2.76. The molecule has 1 aliphatic heterocycles. The van der Waals surface area contributed by atoms with Gasteiger partial charge in [0, 0.05) is 37.7 Å². The normalized spacial score (nSPS) is 15.3. The van der Waals surface area contributed by atoms with E-state index in [9.17, 15) is 13.9 Å². The summed E-state index contributed by atoms with van der Waals surface area (Å²) in [5.74, 6) is -0.357. The van der Waals surface area contributed by atoms with E-state index in [1.165, 1.54) is 12.1 Å². The molecule has 3 aromatic carbocycles. The molecule has 4 rings (SSSR count). The quantitative estimate of drug-likeness (QED) is 0.683. The highest BCUT2D eigenvalue weighted by Gasteiger charge is 2.18. The van der Waals surface area contributed by atoms with Gasteiger partial charge in [0.15, 0.2) is 0 Å². The van der Waals surface area contributed by atoms with Gasteiger partial charge >= 0.3 is 0 Å². The van der Waals surface area contributed by atoms with Gasteiger partial charge in [0.2, 0.25) is 0 Å². The monoisotopic (exact) mass is 395 g/mol. The molecule has 0 amide bonds.